The monoisotopic (exact) mass is 238 g/mol. The van der Waals surface area contributed by atoms with Crippen LogP contribution in [0.25, 0.3) is 0 Å². The van der Waals surface area contributed by atoms with Gasteiger partial charge >= 0.3 is 6.03 Å². The van der Waals surface area contributed by atoms with Crippen LogP contribution in [-0.2, 0) is 0 Å². The molecule has 2 N–H and O–H groups in total. The summed E-state index contributed by atoms with van der Waals surface area (Å²) in [6, 6.07) is 4.00. The van der Waals surface area contributed by atoms with Crippen molar-refractivity contribution in [2.24, 2.45) is 5.92 Å². The van der Waals surface area contributed by atoms with E-state index in [4.69, 9.17) is 4.74 Å². The summed E-state index contributed by atoms with van der Waals surface area (Å²) in [6.45, 7) is 0.685. The van der Waals surface area contributed by atoms with Crippen LogP contribution < -0.4 is 15.4 Å². The molecule has 1 aromatic carbocycles. The zero-order valence-electron chi connectivity index (χ0n) is 9.63. The maximum atomic E-state index is 13.3. The fourth-order valence-corrected chi connectivity index (χ4v) is 1.48. The Morgan fingerprint density at radius 2 is 2.29 bits per heavy atom. The summed E-state index contributed by atoms with van der Waals surface area (Å²) in [5.74, 6) is 0.287. The van der Waals surface area contributed by atoms with Gasteiger partial charge in [-0.3, -0.25) is 0 Å². The predicted molar refractivity (Wildman–Crippen MR) is 62.7 cm³/mol. The summed E-state index contributed by atoms with van der Waals surface area (Å²) in [7, 11) is 1.40. The van der Waals surface area contributed by atoms with Gasteiger partial charge in [0.05, 0.1) is 7.11 Å². The number of carbonyl (C=O) groups is 1. The molecule has 0 heterocycles. The van der Waals surface area contributed by atoms with Gasteiger partial charge < -0.3 is 15.4 Å². The van der Waals surface area contributed by atoms with Crippen LogP contribution in [0.15, 0.2) is 18.2 Å². The first-order chi connectivity index (χ1) is 8.19. The molecule has 0 atom stereocenters. The van der Waals surface area contributed by atoms with Crippen LogP contribution >= 0.6 is 0 Å². The lowest BCUT2D eigenvalue weighted by Crippen LogP contribution is -2.30. The summed E-state index contributed by atoms with van der Waals surface area (Å²) in [5, 5.41) is 5.31. The molecule has 1 saturated carbocycles. The number of hydrogen-bond acceptors (Lipinski definition) is 2. The van der Waals surface area contributed by atoms with Gasteiger partial charge in [0.1, 0.15) is 0 Å². The van der Waals surface area contributed by atoms with E-state index in [9.17, 15) is 9.18 Å². The van der Waals surface area contributed by atoms with Gasteiger partial charge in [-0.1, -0.05) is 0 Å². The quantitative estimate of drug-likeness (QED) is 0.846. The lowest BCUT2D eigenvalue weighted by molar-refractivity contribution is 0.251. The zero-order chi connectivity index (χ0) is 12.3. The van der Waals surface area contributed by atoms with Crippen LogP contribution in [0, 0.1) is 11.7 Å². The van der Waals surface area contributed by atoms with Crippen molar-refractivity contribution < 1.29 is 13.9 Å². The average Bonchev–Trinajstić information content (AvgIpc) is 3.10. The van der Waals surface area contributed by atoms with Gasteiger partial charge in [-0.15, -0.1) is 0 Å². The topological polar surface area (TPSA) is 50.4 Å². The number of hydrogen-bond donors (Lipinski definition) is 2. The van der Waals surface area contributed by atoms with Crippen LogP contribution in [0.2, 0.25) is 0 Å². The maximum Gasteiger partial charge on any atom is 0.319 e. The molecule has 0 aromatic heterocycles. The van der Waals surface area contributed by atoms with Gasteiger partial charge in [-0.2, -0.15) is 0 Å². The molecule has 1 aromatic rings. The molecule has 0 radical (unpaired) electrons. The highest BCUT2D eigenvalue weighted by atomic mass is 19.1. The van der Waals surface area contributed by atoms with Crippen molar-refractivity contribution in [3.05, 3.63) is 24.0 Å². The first-order valence-electron chi connectivity index (χ1n) is 5.57. The van der Waals surface area contributed by atoms with E-state index in [1.54, 1.807) is 6.07 Å². The Labute approximate surface area is 99.2 Å². The second-order valence-electron chi connectivity index (χ2n) is 4.13. The second-order valence-corrected chi connectivity index (χ2v) is 4.13. The predicted octanol–water partition coefficient (Wildman–Crippen LogP) is 2.37. The van der Waals surface area contributed by atoms with E-state index in [1.807, 2.05) is 0 Å². The van der Waals surface area contributed by atoms with Crippen molar-refractivity contribution in [2.75, 3.05) is 19.0 Å². The summed E-state index contributed by atoms with van der Waals surface area (Å²) >= 11 is 0. The largest absolute Gasteiger partial charge is 0.494 e. The molecule has 1 aliphatic carbocycles. The van der Waals surface area contributed by atoms with Crippen molar-refractivity contribution in [3.63, 3.8) is 0 Å². The molecule has 5 heteroatoms. The minimum atomic E-state index is -0.493. The number of methoxy groups -OCH3 is 1. The minimum Gasteiger partial charge on any atom is -0.494 e. The number of urea groups is 1. The molecule has 1 aliphatic rings. The van der Waals surface area contributed by atoms with E-state index in [1.165, 1.54) is 32.1 Å². The van der Waals surface area contributed by atoms with Gasteiger partial charge in [0.25, 0.3) is 0 Å². The van der Waals surface area contributed by atoms with Crippen LogP contribution in [0.3, 0.4) is 0 Å². The third-order valence-electron chi connectivity index (χ3n) is 2.66. The molecule has 17 heavy (non-hydrogen) atoms. The third-order valence-corrected chi connectivity index (χ3v) is 2.66. The first-order valence-corrected chi connectivity index (χ1v) is 5.57. The van der Waals surface area contributed by atoms with E-state index in [0.29, 0.717) is 18.2 Å². The fourth-order valence-electron chi connectivity index (χ4n) is 1.48. The third kappa shape index (κ3) is 3.34. The van der Waals surface area contributed by atoms with E-state index in [2.05, 4.69) is 10.6 Å². The van der Waals surface area contributed by atoms with Gasteiger partial charge in [-0.25, -0.2) is 9.18 Å². The molecule has 0 unspecified atom stereocenters. The molecule has 0 bridgehead atoms. The second kappa shape index (κ2) is 5.03. The highest BCUT2D eigenvalue weighted by molar-refractivity contribution is 5.89. The smallest absolute Gasteiger partial charge is 0.319 e. The number of halogens is 1. The Morgan fingerprint density at radius 3 is 2.88 bits per heavy atom. The molecule has 0 spiro atoms. The molecule has 2 rings (SSSR count). The molecule has 4 nitrogen and oxygen atoms in total. The van der Waals surface area contributed by atoms with Crippen LogP contribution in [0.1, 0.15) is 12.8 Å². The first kappa shape index (κ1) is 11.7. The summed E-state index contributed by atoms with van der Waals surface area (Å²) in [5.41, 5.74) is 0.414. The number of ether oxygens (including phenoxy) is 1. The zero-order valence-corrected chi connectivity index (χ0v) is 9.63. The molecule has 1 fully saturated rings. The number of nitrogens with one attached hydrogen (secondary N) is 2. The Hall–Kier alpha value is -1.78. The number of amides is 2. The van der Waals surface area contributed by atoms with E-state index >= 15 is 0 Å². The van der Waals surface area contributed by atoms with Crippen molar-refractivity contribution in [1.29, 1.82) is 0 Å². The van der Waals surface area contributed by atoms with Gasteiger partial charge in [0, 0.05) is 18.3 Å². The summed E-state index contributed by atoms with van der Waals surface area (Å²) in [4.78, 5) is 11.4. The number of carbonyl (C=O) groups excluding carboxylic acids is 1. The van der Waals surface area contributed by atoms with Crippen LogP contribution in [0.5, 0.6) is 5.75 Å². The van der Waals surface area contributed by atoms with E-state index in [-0.39, 0.29) is 11.8 Å². The van der Waals surface area contributed by atoms with Crippen molar-refractivity contribution in [1.82, 2.24) is 5.32 Å². The maximum absolute atomic E-state index is 13.3. The van der Waals surface area contributed by atoms with Crippen molar-refractivity contribution >= 4 is 11.7 Å². The molecule has 0 saturated heterocycles. The van der Waals surface area contributed by atoms with E-state index in [0.717, 1.165) is 0 Å². The lowest BCUT2D eigenvalue weighted by atomic mass is 10.3. The SMILES string of the molecule is COc1ccc(NC(=O)NCC2CC2)cc1F. The van der Waals surface area contributed by atoms with Crippen LogP contribution in [0.4, 0.5) is 14.9 Å². The molecular weight excluding hydrogens is 223 g/mol. The minimum absolute atomic E-state index is 0.161. The van der Waals surface area contributed by atoms with Gasteiger partial charge in [0.15, 0.2) is 11.6 Å². The highest BCUT2D eigenvalue weighted by Crippen LogP contribution is 2.27. The van der Waals surface area contributed by atoms with Gasteiger partial charge in [0.2, 0.25) is 0 Å². The summed E-state index contributed by atoms with van der Waals surface area (Å²) in [6.07, 6.45) is 2.36. The number of benzene rings is 1. The Kier molecular flexibility index (Phi) is 3.46. The Balaban J connectivity index is 1.88. The number of anilines is 1. The molecule has 92 valence electrons. The van der Waals surface area contributed by atoms with Crippen molar-refractivity contribution in [2.45, 2.75) is 12.8 Å². The van der Waals surface area contributed by atoms with Gasteiger partial charge in [-0.05, 0) is 30.9 Å². The lowest BCUT2D eigenvalue weighted by Gasteiger charge is -2.08. The Bertz CT molecular complexity index is 419. The van der Waals surface area contributed by atoms with Crippen LogP contribution in [-0.4, -0.2) is 19.7 Å². The Morgan fingerprint density at radius 1 is 1.53 bits per heavy atom. The molecule has 2 amide bonds. The molecular formula is C12H15FN2O2. The number of rotatable bonds is 4. The fraction of sp³-hybridized carbons (Fsp3) is 0.417. The average molecular weight is 238 g/mol. The van der Waals surface area contributed by atoms with E-state index < -0.39 is 5.82 Å². The highest BCUT2D eigenvalue weighted by Gasteiger charge is 2.21. The van der Waals surface area contributed by atoms with Crippen molar-refractivity contribution in [3.8, 4) is 5.75 Å². The summed E-state index contributed by atoms with van der Waals surface area (Å²) < 4.78 is 18.1. The normalized spacial score (nSPS) is 14.2. The standard InChI is InChI=1S/C12H15FN2O2/c1-17-11-5-4-9(6-10(11)13)15-12(16)14-7-8-2-3-8/h4-6,8H,2-3,7H2,1H3,(H2,14,15,16). The molecule has 0 aliphatic heterocycles.